The Bertz CT molecular complexity index is 726. The van der Waals surface area contributed by atoms with Crippen LogP contribution in [-0.4, -0.2) is 30.9 Å². The molecule has 0 bridgehead atoms. The molecule has 0 atom stereocenters. The molecule has 1 amide bonds. The van der Waals surface area contributed by atoms with Gasteiger partial charge in [-0.25, -0.2) is 4.79 Å². The SMILES string of the molecule is NC(=O)COc1ccc(C(=O)OCC(=O)c2ccc(Br)s2)cc1. The number of halogens is 1. The third-order valence-electron chi connectivity index (χ3n) is 2.65. The van der Waals surface area contributed by atoms with Crippen LogP contribution in [0.3, 0.4) is 0 Å². The first kappa shape index (κ1) is 17.2. The second kappa shape index (κ2) is 7.89. The van der Waals surface area contributed by atoms with E-state index in [1.54, 1.807) is 12.1 Å². The summed E-state index contributed by atoms with van der Waals surface area (Å²) >= 11 is 4.54. The van der Waals surface area contributed by atoms with Crippen molar-refractivity contribution in [3.63, 3.8) is 0 Å². The first-order valence-electron chi connectivity index (χ1n) is 6.42. The molecule has 8 heteroatoms. The average Bonchev–Trinajstić information content (AvgIpc) is 2.97. The van der Waals surface area contributed by atoms with Crippen molar-refractivity contribution >= 4 is 44.9 Å². The predicted molar refractivity (Wildman–Crippen MR) is 87.8 cm³/mol. The maximum absolute atomic E-state index is 11.9. The number of Topliss-reactive ketones (excluding diaryl/α,β-unsaturated/α-hetero) is 1. The molecule has 6 nitrogen and oxygen atoms in total. The molecule has 1 heterocycles. The molecular weight excluding hydrogens is 386 g/mol. The largest absolute Gasteiger partial charge is 0.484 e. The van der Waals surface area contributed by atoms with Crippen LogP contribution in [0.4, 0.5) is 0 Å². The minimum Gasteiger partial charge on any atom is -0.484 e. The summed E-state index contributed by atoms with van der Waals surface area (Å²) in [4.78, 5) is 34.8. The van der Waals surface area contributed by atoms with Gasteiger partial charge in [0.15, 0.2) is 13.2 Å². The van der Waals surface area contributed by atoms with Crippen LogP contribution in [0.1, 0.15) is 20.0 Å². The van der Waals surface area contributed by atoms with Crippen LogP contribution in [0.2, 0.25) is 0 Å². The zero-order valence-corrected chi connectivity index (χ0v) is 14.2. The molecule has 0 saturated carbocycles. The Morgan fingerprint density at radius 3 is 2.30 bits per heavy atom. The van der Waals surface area contributed by atoms with Gasteiger partial charge in [0.25, 0.3) is 5.91 Å². The van der Waals surface area contributed by atoms with Gasteiger partial charge in [-0.3, -0.25) is 9.59 Å². The number of ether oxygens (including phenoxy) is 2. The molecule has 2 aromatic rings. The Kier molecular flexibility index (Phi) is 5.89. The molecule has 0 aliphatic heterocycles. The lowest BCUT2D eigenvalue weighted by Gasteiger charge is -2.06. The normalized spacial score (nSPS) is 10.1. The number of hydrogen-bond donors (Lipinski definition) is 1. The minimum absolute atomic E-state index is 0.241. The van der Waals surface area contributed by atoms with Crippen molar-refractivity contribution in [1.29, 1.82) is 0 Å². The van der Waals surface area contributed by atoms with Gasteiger partial charge in [0.1, 0.15) is 5.75 Å². The summed E-state index contributed by atoms with van der Waals surface area (Å²) in [5.74, 6) is -1.07. The fraction of sp³-hybridized carbons (Fsp3) is 0.133. The number of thiophene rings is 1. The summed E-state index contributed by atoms with van der Waals surface area (Å²) in [7, 11) is 0. The van der Waals surface area contributed by atoms with Gasteiger partial charge in [0.2, 0.25) is 5.78 Å². The van der Waals surface area contributed by atoms with Gasteiger partial charge in [-0.2, -0.15) is 0 Å². The summed E-state index contributed by atoms with van der Waals surface area (Å²) in [5.41, 5.74) is 5.24. The van der Waals surface area contributed by atoms with Crippen LogP contribution in [0.15, 0.2) is 40.2 Å². The van der Waals surface area contributed by atoms with Gasteiger partial charge in [-0.15, -0.1) is 11.3 Å². The quantitative estimate of drug-likeness (QED) is 0.571. The maximum Gasteiger partial charge on any atom is 0.338 e. The topological polar surface area (TPSA) is 95.7 Å². The molecule has 120 valence electrons. The number of primary amides is 1. The molecular formula is C15H12BrNO5S. The number of carbonyl (C=O) groups is 3. The number of amides is 1. The van der Waals surface area contributed by atoms with Crippen LogP contribution in [0.25, 0.3) is 0 Å². The van der Waals surface area contributed by atoms with Crippen molar-refractivity contribution in [2.24, 2.45) is 5.73 Å². The Balaban J connectivity index is 1.88. The monoisotopic (exact) mass is 397 g/mol. The van der Waals surface area contributed by atoms with E-state index < -0.39 is 11.9 Å². The number of ketones is 1. The number of nitrogens with two attached hydrogens (primary N) is 1. The van der Waals surface area contributed by atoms with Crippen LogP contribution < -0.4 is 10.5 Å². The molecule has 0 radical (unpaired) electrons. The standard InChI is InChI=1S/C15H12BrNO5S/c16-13-6-5-12(23-13)11(18)7-22-15(20)9-1-3-10(4-2-9)21-8-14(17)19/h1-6H,7-8H2,(H2,17,19). The Morgan fingerprint density at radius 1 is 1.04 bits per heavy atom. The zero-order chi connectivity index (χ0) is 16.8. The van der Waals surface area contributed by atoms with Crippen LogP contribution in [0, 0.1) is 0 Å². The van der Waals surface area contributed by atoms with Gasteiger partial charge in [-0.05, 0) is 52.3 Å². The molecule has 2 rings (SSSR count). The molecule has 1 aromatic carbocycles. The summed E-state index contributed by atoms with van der Waals surface area (Å²) in [5, 5.41) is 0. The van der Waals surface area contributed by atoms with E-state index in [2.05, 4.69) is 15.9 Å². The average molecular weight is 398 g/mol. The van der Waals surface area contributed by atoms with Crippen molar-refractivity contribution in [2.75, 3.05) is 13.2 Å². The Morgan fingerprint density at radius 2 is 1.74 bits per heavy atom. The molecule has 1 aromatic heterocycles. The third kappa shape index (κ3) is 5.19. The minimum atomic E-state index is -0.615. The van der Waals surface area contributed by atoms with Crippen LogP contribution in [-0.2, 0) is 9.53 Å². The fourth-order valence-corrected chi connectivity index (χ4v) is 2.90. The number of benzene rings is 1. The van der Waals surface area contributed by atoms with Gasteiger partial charge >= 0.3 is 5.97 Å². The zero-order valence-electron chi connectivity index (χ0n) is 11.8. The van der Waals surface area contributed by atoms with Crippen molar-refractivity contribution < 1.29 is 23.9 Å². The maximum atomic E-state index is 11.9. The van der Waals surface area contributed by atoms with Crippen molar-refractivity contribution in [3.05, 3.63) is 50.6 Å². The van der Waals surface area contributed by atoms with Crippen LogP contribution in [0.5, 0.6) is 5.75 Å². The smallest absolute Gasteiger partial charge is 0.338 e. The molecule has 0 saturated heterocycles. The Hall–Kier alpha value is -2.19. The first-order chi connectivity index (χ1) is 11.0. The number of hydrogen-bond acceptors (Lipinski definition) is 6. The van der Waals surface area contributed by atoms with Crippen LogP contribution >= 0.6 is 27.3 Å². The molecule has 0 fully saturated rings. The highest BCUT2D eigenvalue weighted by molar-refractivity contribution is 9.11. The highest BCUT2D eigenvalue weighted by atomic mass is 79.9. The fourth-order valence-electron chi connectivity index (χ4n) is 1.59. The number of carbonyl (C=O) groups excluding carboxylic acids is 3. The Labute approximate surface area is 144 Å². The van der Waals surface area contributed by atoms with Crippen molar-refractivity contribution in [3.8, 4) is 5.75 Å². The van der Waals surface area contributed by atoms with E-state index >= 15 is 0 Å². The molecule has 23 heavy (non-hydrogen) atoms. The highest BCUT2D eigenvalue weighted by Gasteiger charge is 2.13. The second-order valence-corrected chi connectivity index (χ2v) is 6.85. The van der Waals surface area contributed by atoms with E-state index in [-0.39, 0.29) is 24.6 Å². The van der Waals surface area contributed by atoms with E-state index in [1.165, 1.54) is 35.6 Å². The predicted octanol–water partition coefficient (Wildman–Crippen LogP) is 2.41. The molecule has 0 aliphatic carbocycles. The van der Waals surface area contributed by atoms with Gasteiger partial charge in [0.05, 0.1) is 14.2 Å². The van der Waals surface area contributed by atoms with Crippen molar-refractivity contribution in [1.82, 2.24) is 0 Å². The second-order valence-electron chi connectivity index (χ2n) is 4.38. The van der Waals surface area contributed by atoms with E-state index in [4.69, 9.17) is 15.2 Å². The summed E-state index contributed by atoms with van der Waals surface area (Å²) in [6.07, 6.45) is 0. The van der Waals surface area contributed by atoms with Gasteiger partial charge < -0.3 is 15.2 Å². The molecule has 0 aliphatic rings. The van der Waals surface area contributed by atoms with Crippen molar-refractivity contribution in [2.45, 2.75) is 0 Å². The molecule has 0 spiro atoms. The highest BCUT2D eigenvalue weighted by Crippen LogP contribution is 2.22. The third-order valence-corrected chi connectivity index (χ3v) is 4.32. The number of esters is 1. The van der Waals surface area contributed by atoms with E-state index in [9.17, 15) is 14.4 Å². The number of rotatable bonds is 7. The van der Waals surface area contributed by atoms with E-state index in [0.717, 1.165) is 3.79 Å². The van der Waals surface area contributed by atoms with Gasteiger partial charge in [0, 0.05) is 0 Å². The van der Waals surface area contributed by atoms with E-state index in [0.29, 0.717) is 10.6 Å². The lowest BCUT2D eigenvalue weighted by Crippen LogP contribution is -2.20. The molecule has 2 N–H and O–H groups in total. The summed E-state index contributed by atoms with van der Waals surface area (Å²) < 4.78 is 10.9. The van der Waals surface area contributed by atoms with E-state index in [1.807, 2.05) is 0 Å². The van der Waals surface area contributed by atoms with Gasteiger partial charge in [-0.1, -0.05) is 0 Å². The molecule has 0 unspecified atom stereocenters. The lowest BCUT2D eigenvalue weighted by atomic mass is 10.2. The summed E-state index contributed by atoms with van der Waals surface area (Å²) in [6, 6.07) is 9.39. The lowest BCUT2D eigenvalue weighted by molar-refractivity contribution is -0.119. The summed E-state index contributed by atoms with van der Waals surface area (Å²) in [6.45, 7) is -0.569. The first-order valence-corrected chi connectivity index (χ1v) is 8.03.